The maximum atomic E-state index is 15.7. The molecule has 5 fully saturated rings. The minimum atomic E-state index is -1.18. The zero-order chi connectivity index (χ0) is 24.1. The summed E-state index contributed by atoms with van der Waals surface area (Å²) in [6.45, 7) is 4.92. The number of amides is 1. The van der Waals surface area contributed by atoms with Gasteiger partial charge < -0.3 is 30.5 Å². The largest absolute Gasteiger partial charge is 0.369 e. The summed E-state index contributed by atoms with van der Waals surface area (Å²) < 4.78 is 22.4. The number of rotatable bonds is 5. The molecule has 2 saturated carbocycles. The molecular formula is C26H40FN5O3. The van der Waals surface area contributed by atoms with Crippen molar-refractivity contribution in [2.75, 3.05) is 39.3 Å². The van der Waals surface area contributed by atoms with E-state index in [1.807, 2.05) is 6.20 Å². The first-order valence-electron chi connectivity index (χ1n) is 13.8. The van der Waals surface area contributed by atoms with Crippen molar-refractivity contribution >= 4 is 11.7 Å². The number of morpholine rings is 1. The normalized spacial score (nSPS) is 41.5. The van der Waals surface area contributed by atoms with Crippen molar-refractivity contribution in [3.8, 4) is 0 Å². The van der Waals surface area contributed by atoms with Crippen molar-refractivity contribution in [1.29, 1.82) is 0 Å². The number of likely N-dealkylation sites (tertiary alicyclic amines) is 2. The van der Waals surface area contributed by atoms with E-state index in [1.165, 1.54) is 12.8 Å². The Morgan fingerprint density at radius 2 is 1.94 bits per heavy atom. The van der Waals surface area contributed by atoms with Gasteiger partial charge in [0, 0.05) is 44.3 Å². The number of alkyl halides is 1. The first-order valence-corrected chi connectivity index (χ1v) is 13.8. The summed E-state index contributed by atoms with van der Waals surface area (Å²) in [7, 11) is 0. The summed E-state index contributed by atoms with van der Waals surface area (Å²) in [5, 5.41) is 3.49. The summed E-state index contributed by atoms with van der Waals surface area (Å²) in [5.74, 6) is -0.995. The molecule has 0 bridgehead atoms. The molecule has 3 saturated heterocycles. The van der Waals surface area contributed by atoms with E-state index in [9.17, 15) is 9.59 Å². The molecule has 0 aromatic rings. The first-order chi connectivity index (χ1) is 17.0. The van der Waals surface area contributed by atoms with Gasteiger partial charge in [0.25, 0.3) is 5.91 Å². The molecule has 4 heterocycles. The number of ketones is 1. The van der Waals surface area contributed by atoms with Crippen LogP contribution in [-0.2, 0) is 14.3 Å². The molecule has 0 aromatic carbocycles. The van der Waals surface area contributed by atoms with Crippen LogP contribution in [0.3, 0.4) is 0 Å². The van der Waals surface area contributed by atoms with E-state index in [0.717, 1.165) is 58.3 Å². The van der Waals surface area contributed by atoms with E-state index in [1.54, 1.807) is 4.90 Å². The molecule has 1 amide bonds. The Kier molecular flexibility index (Phi) is 6.62. The highest BCUT2D eigenvalue weighted by molar-refractivity contribution is 6.20. The van der Waals surface area contributed by atoms with Gasteiger partial charge in [-0.3, -0.25) is 9.59 Å². The van der Waals surface area contributed by atoms with Gasteiger partial charge in [-0.15, -0.1) is 0 Å². The van der Waals surface area contributed by atoms with Gasteiger partial charge in [-0.1, -0.05) is 12.8 Å². The lowest BCUT2D eigenvalue weighted by molar-refractivity contribution is -0.197. The number of hydrogen-bond donors (Lipinski definition) is 2. The van der Waals surface area contributed by atoms with Crippen LogP contribution < -0.4 is 11.1 Å². The lowest BCUT2D eigenvalue weighted by Gasteiger charge is -2.59. The Labute approximate surface area is 207 Å². The highest BCUT2D eigenvalue weighted by atomic mass is 19.1. The molecule has 6 rings (SSSR count). The smallest absolute Gasteiger partial charge is 0.259 e. The molecule has 6 aliphatic rings. The second-order valence-corrected chi connectivity index (χ2v) is 11.5. The summed E-state index contributed by atoms with van der Waals surface area (Å²) in [4.78, 5) is 33.4. The van der Waals surface area contributed by atoms with E-state index < -0.39 is 24.2 Å². The van der Waals surface area contributed by atoms with E-state index >= 15 is 4.39 Å². The van der Waals surface area contributed by atoms with Crippen LogP contribution in [0, 0.1) is 5.92 Å². The molecular weight excluding hydrogens is 449 g/mol. The van der Waals surface area contributed by atoms with E-state index in [-0.39, 0.29) is 47.9 Å². The number of Topliss-reactive ketones (excluding diaryl/α,β-unsaturated/α-hetero) is 1. The van der Waals surface area contributed by atoms with E-state index in [2.05, 4.69) is 15.1 Å². The van der Waals surface area contributed by atoms with Crippen LogP contribution in [0.4, 0.5) is 4.39 Å². The zero-order valence-corrected chi connectivity index (χ0v) is 20.6. The van der Waals surface area contributed by atoms with Gasteiger partial charge in [0.15, 0.2) is 5.78 Å². The van der Waals surface area contributed by atoms with Crippen molar-refractivity contribution in [2.45, 2.75) is 93.9 Å². The number of fused-ring (bicyclic) bond motifs is 2. The van der Waals surface area contributed by atoms with Crippen LogP contribution in [0.1, 0.15) is 51.4 Å². The van der Waals surface area contributed by atoms with Gasteiger partial charge in [0.2, 0.25) is 0 Å². The van der Waals surface area contributed by atoms with Crippen molar-refractivity contribution in [2.24, 2.45) is 11.7 Å². The fraction of sp³-hybridized carbons (Fsp3) is 0.846. The monoisotopic (exact) mass is 489 g/mol. The molecule has 0 spiro atoms. The number of carbonyl (C=O) groups is 2. The minimum absolute atomic E-state index is 0.0137. The van der Waals surface area contributed by atoms with Crippen molar-refractivity contribution < 1.29 is 18.7 Å². The van der Waals surface area contributed by atoms with Crippen LogP contribution in [0.25, 0.3) is 0 Å². The molecule has 4 aliphatic heterocycles. The first kappa shape index (κ1) is 23.8. The molecule has 9 heteroatoms. The molecule has 0 aromatic heterocycles. The molecule has 8 atom stereocenters. The SMILES string of the molecule is NC1CCN(C(=O)C2=CN3C4CCCCC4OC4C(NCCN5CCCC5)C(F)CC(C2=O)C43)C1. The second kappa shape index (κ2) is 9.72. The molecule has 8 nitrogen and oxygen atoms in total. The third-order valence-electron chi connectivity index (χ3n) is 9.33. The van der Waals surface area contributed by atoms with Crippen LogP contribution in [0.15, 0.2) is 11.8 Å². The summed E-state index contributed by atoms with van der Waals surface area (Å²) in [5.41, 5.74) is 6.25. The Hall–Kier alpha value is -1.55. The predicted molar refractivity (Wildman–Crippen MR) is 129 cm³/mol. The third-order valence-corrected chi connectivity index (χ3v) is 9.33. The third kappa shape index (κ3) is 4.32. The number of nitrogens with one attached hydrogen (secondary N) is 1. The van der Waals surface area contributed by atoms with Crippen LogP contribution in [-0.4, -0.2) is 108 Å². The topological polar surface area (TPSA) is 91.1 Å². The summed E-state index contributed by atoms with van der Waals surface area (Å²) in [6, 6.07) is -0.542. The van der Waals surface area contributed by atoms with Crippen molar-refractivity contribution in [1.82, 2.24) is 20.0 Å². The summed E-state index contributed by atoms with van der Waals surface area (Å²) >= 11 is 0. The molecule has 194 valence electrons. The number of hydrogen-bond acceptors (Lipinski definition) is 7. The molecule has 8 unspecified atom stereocenters. The highest BCUT2D eigenvalue weighted by Crippen LogP contribution is 2.45. The fourth-order valence-electron chi connectivity index (χ4n) is 7.52. The lowest BCUT2D eigenvalue weighted by Crippen LogP contribution is -2.73. The van der Waals surface area contributed by atoms with Crippen LogP contribution in [0.5, 0.6) is 0 Å². The molecule has 2 aliphatic carbocycles. The Balaban J connectivity index is 1.27. The van der Waals surface area contributed by atoms with Crippen LogP contribution in [0.2, 0.25) is 0 Å². The molecule has 3 N–H and O–H groups in total. The predicted octanol–water partition coefficient (Wildman–Crippen LogP) is 0.805. The lowest BCUT2D eigenvalue weighted by atomic mass is 9.69. The highest BCUT2D eigenvalue weighted by Gasteiger charge is 2.58. The molecule has 0 radical (unpaired) electrons. The van der Waals surface area contributed by atoms with Gasteiger partial charge in [0.1, 0.15) is 6.17 Å². The Bertz CT molecular complexity index is 864. The summed E-state index contributed by atoms with van der Waals surface area (Å²) in [6.07, 6.45) is 7.77. The van der Waals surface area contributed by atoms with E-state index in [0.29, 0.717) is 13.1 Å². The Morgan fingerprint density at radius 1 is 1.14 bits per heavy atom. The average Bonchev–Trinajstić information content (AvgIpc) is 3.54. The molecule has 35 heavy (non-hydrogen) atoms. The average molecular weight is 490 g/mol. The van der Waals surface area contributed by atoms with E-state index in [4.69, 9.17) is 10.5 Å². The van der Waals surface area contributed by atoms with Gasteiger partial charge in [-0.25, -0.2) is 4.39 Å². The Morgan fingerprint density at radius 3 is 2.71 bits per heavy atom. The standard InChI is InChI=1S/C26H40FN5O3/c27-19-13-17-23-25(22(19)29-8-12-30-9-3-4-10-30)35-21-6-2-1-5-20(21)32(23)15-18(24(17)33)26(34)31-11-7-16(28)14-31/h15-17,19-23,25,29H,1-14,28H2. The maximum absolute atomic E-state index is 15.7. The number of ether oxygens (including phenoxy) is 1. The second-order valence-electron chi connectivity index (χ2n) is 11.5. The van der Waals surface area contributed by atoms with Crippen molar-refractivity contribution in [3.05, 3.63) is 11.8 Å². The number of nitrogens with two attached hydrogens (primary N) is 1. The van der Waals surface area contributed by atoms with Crippen molar-refractivity contribution in [3.63, 3.8) is 0 Å². The number of carbonyl (C=O) groups excluding carboxylic acids is 2. The maximum Gasteiger partial charge on any atom is 0.259 e. The van der Waals surface area contributed by atoms with Gasteiger partial charge >= 0.3 is 0 Å². The number of nitrogens with zero attached hydrogens (tertiary/aromatic N) is 3. The zero-order valence-electron chi connectivity index (χ0n) is 20.6. The quantitative estimate of drug-likeness (QED) is 0.552. The minimum Gasteiger partial charge on any atom is -0.369 e. The van der Waals surface area contributed by atoms with Gasteiger partial charge in [0.05, 0.1) is 35.9 Å². The van der Waals surface area contributed by atoms with Gasteiger partial charge in [-0.2, -0.15) is 0 Å². The number of halogens is 1. The van der Waals surface area contributed by atoms with Crippen LogP contribution >= 0.6 is 0 Å². The van der Waals surface area contributed by atoms with Gasteiger partial charge in [-0.05, 0) is 51.6 Å². The fourth-order valence-corrected chi connectivity index (χ4v) is 7.52.